The van der Waals surface area contributed by atoms with Gasteiger partial charge >= 0.3 is 5.97 Å². The standard InChI is InChI=1S/C59H109N2O7P/c1-7-10-13-16-19-22-25-28-30-31-32-34-37-40-43-46-49-52-59(63)68-57(50-47-44-41-38-35-27-24-21-18-15-12-9-3)56(55-67-69(64,65)66-54-53-61(4,5)6)60-58(62)51-48-45-42-39-36-33-29-26-23-20-17-14-11-8-2/h11,14,20,23,28-30,33,47,50,56-57H,7-10,12-13,15-19,21-22,24-27,31-32,34-46,48-49,51-55H2,1-6H3,(H-,60,62,64,65)/b14-11+,23-20+,30-28+,33-29+,50-47+. The summed E-state index contributed by atoms with van der Waals surface area (Å²) >= 11 is 0. The number of quaternary nitrogens is 1. The number of unbranched alkanes of at least 4 members (excludes halogenated alkanes) is 27. The first-order valence-corrected chi connectivity index (χ1v) is 30.1. The zero-order valence-corrected chi connectivity index (χ0v) is 46.7. The van der Waals surface area contributed by atoms with Gasteiger partial charge in [0.2, 0.25) is 5.91 Å². The van der Waals surface area contributed by atoms with E-state index >= 15 is 0 Å². The van der Waals surface area contributed by atoms with Crippen molar-refractivity contribution in [2.75, 3.05) is 40.9 Å². The number of ether oxygens (including phenoxy) is 1. The first-order valence-electron chi connectivity index (χ1n) is 28.6. The van der Waals surface area contributed by atoms with Crippen LogP contribution >= 0.6 is 7.82 Å². The van der Waals surface area contributed by atoms with Crippen molar-refractivity contribution in [3.63, 3.8) is 0 Å². The van der Waals surface area contributed by atoms with E-state index in [1.807, 2.05) is 33.3 Å². The van der Waals surface area contributed by atoms with Gasteiger partial charge in [-0.1, -0.05) is 210 Å². The van der Waals surface area contributed by atoms with Gasteiger partial charge in [0.15, 0.2) is 0 Å². The number of rotatable bonds is 51. The quantitative estimate of drug-likeness (QED) is 0.0212. The zero-order chi connectivity index (χ0) is 50.8. The number of nitrogens with one attached hydrogen (secondary N) is 1. The number of phosphoric ester groups is 1. The number of allylic oxidation sites excluding steroid dienone is 9. The molecule has 1 amide bonds. The van der Waals surface area contributed by atoms with Gasteiger partial charge < -0.3 is 28.5 Å². The lowest BCUT2D eigenvalue weighted by atomic mass is 10.0. The highest BCUT2D eigenvalue weighted by atomic mass is 31.2. The minimum atomic E-state index is -4.70. The molecular formula is C59H109N2O7P. The Kier molecular flexibility index (Phi) is 47.7. The molecule has 0 rings (SSSR count). The van der Waals surface area contributed by atoms with Gasteiger partial charge in [0.05, 0.1) is 33.8 Å². The molecule has 0 radical (unpaired) electrons. The third-order valence-electron chi connectivity index (χ3n) is 12.4. The Labute approximate surface area is 426 Å². The summed E-state index contributed by atoms with van der Waals surface area (Å²) in [6, 6.07) is -0.901. The fourth-order valence-corrected chi connectivity index (χ4v) is 8.72. The Hall–Kier alpha value is -2.29. The Morgan fingerprint density at radius 3 is 1.41 bits per heavy atom. The third-order valence-corrected chi connectivity index (χ3v) is 13.4. The van der Waals surface area contributed by atoms with Crippen LogP contribution in [0.5, 0.6) is 0 Å². The average Bonchev–Trinajstić information content (AvgIpc) is 3.31. The van der Waals surface area contributed by atoms with E-state index in [9.17, 15) is 19.0 Å². The SMILES string of the molecule is CC/C=C/C/C=C/C/C=C/CCCCCCC(=O)NC(COP(=O)([O-])OCC[N+](C)(C)C)C(/C=C/CCCCCCCCCCCC)OC(=O)CCCCCCCCC/C=C/CCCCCCCC. The van der Waals surface area contributed by atoms with E-state index in [1.165, 1.54) is 116 Å². The minimum absolute atomic E-state index is 0.0288. The molecule has 0 saturated carbocycles. The monoisotopic (exact) mass is 989 g/mol. The number of carbonyl (C=O) groups is 2. The number of carbonyl (C=O) groups excluding carboxylic acids is 2. The predicted octanol–water partition coefficient (Wildman–Crippen LogP) is 16.5. The summed E-state index contributed by atoms with van der Waals surface area (Å²) in [7, 11) is 1.16. The predicted molar refractivity (Wildman–Crippen MR) is 293 cm³/mol. The Bertz CT molecular complexity index is 1370. The van der Waals surface area contributed by atoms with Crippen molar-refractivity contribution >= 4 is 19.7 Å². The molecule has 10 heteroatoms. The summed E-state index contributed by atoms with van der Waals surface area (Å²) in [6.07, 6.45) is 60.4. The topological polar surface area (TPSA) is 114 Å². The van der Waals surface area contributed by atoms with Crippen LogP contribution in [-0.4, -0.2) is 69.4 Å². The molecule has 0 aromatic carbocycles. The van der Waals surface area contributed by atoms with E-state index in [0.29, 0.717) is 17.4 Å². The van der Waals surface area contributed by atoms with E-state index in [-0.39, 0.29) is 31.3 Å². The molecule has 0 fully saturated rings. The summed E-state index contributed by atoms with van der Waals surface area (Å²) in [5.74, 6) is -0.571. The van der Waals surface area contributed by atoms with Gasteiger partial charge in [-0.2, -0.15) is 0 Å². The first kappa shape index (κ1) is 66.7. The van der Waals surface area contributed by atoms with Gasteiger partial charge in [-0.25, -0.2) is 0 Å². The van der Waals surface area contributed by atoms with E-state index in [2.05, 4.69) is 74.7 Å². The van der Waals surface area contributed by atoms with Crippen molar-refractivity contribution in [2.45, 2.75) is 264 Å². The van der Waals surface area contributed by atoms with Crippen molar-refractivity contribution in [3.8, 4) is 0 Å². The van der Waals surface area contributed by atoms with Crippen LogP contribution in [0.15, 0.2) is 60.8 Å². The molecule has 0 aromatic rings. The van der Waals surface area contributed by atoms with E-state index < -0.39 is 26.6 Å². The summed E-state index contributed by atoms with van der Waals surface area (Å²) in [6.45, 7) is 6.70. The molecule has 0 aliphatic heterocycles. The molecule has 69 heavy (non-hydrogen) atoms. The fraction of sp³-hybridized carbons (Fsp3) is 0.797. The third kappa shape index (κ3) is 50.4. The van der Waals surface area contributed by atoms with Crippen LogP contribution in [0.2, 0.25) is 0 Å². The molecular weight excluding hydrogens is 880 g/mol. The van der Waals surface area contributed by atoms with Crippen LogP contribution in [0.4, 0.5) is 0 Å². The second kappa shape index (κ2) is 49.3. The molecule has 3 unspecified atom stereocenters. The van der Waals surface area contributed by atoms with Gasteiger partial charge in [0.1, 0.15) is 19.3 Å². The molecule has 402 valence electrons. The number of nitrogens with zero attached hydrogens (tertiary/aromatic N) is 1. The maximum Gasteiger partial charge on any atom is 0.306 e. The van der Waals surface area contributed by atoms with Crippen LogP contribution in [0, 0.1) is 0 Å². The van der Waals surface area contributed by atoms with Crippen LogP contribution in [0.3, 0.4) is 0 Å². The van der Waals surface area contributed by atoms with E-state index in [1.54, 1.807) is 0 Å². The summed E-state index contributed by atoms with van der Waals surface area (Å²) in [5.41, 5.74) is 0. The zero-order valence-electron chi connectivity index (χ0n) is 45.8. The highest BCUT2D eigenvalue weighted by Crippen LogP contribution is 2.38. The maximum absolute atomic E-state index is 13.5. The van der Waals surface area contributed by atoms with Gasteiger partial charge in [-0.15, -0.1) is 0 Å². The van der Waals surface area contributed by atoms with E-state index in [4.69, 9.17) is 13.8 Å². The highest BCUT2D eigenvalue weighted by molar-refractivity contribution is 7.45. The summed E-state index contributed by atoms with van der Waals surface area (Å²) < 4.78 is 30.2. The van der Waals surface area contributed by atoms with Gasteiger partial charge in [0.25, 0.3) is 7.82 Å². The molecule has 1 N–H and O–H groups in total. The molecule has 3 atom stereocenters. The summed E-state index contributed by atoms with van der Waals surface area (Å²) in [5, 5.41) is 3.00. The molecule has 0 aromatic heterocycles. The van der Waals surface area contributed by atoms with Crippen LogP contribution in [0.1, 0.15) is 252 Å². The van der Waals surface area contributed by atoms with Crippen LogP contribution in [-0.2, 0) is 27.9 Å². The highest BCUT2D eigenvalue weighted by Gasteiger charge is 2.27. The number of likely N-dealkylation sites (N-methyl/N-ethyl adjacent to an activating group) is 1. The van der Waals surface area contributed by atoms with Crippen LogP contribution < -0.4 is 10.2 Å². The number of esters is 1. The molecule has 0 spiro atoms. The van der Waals surface area contributed by atoms with Crippen LogP contribution in [0.25, 0.3) is 0 Å². The van der Waals surface area contributed by atoms with Gasteiger partial charge in [-0.3, -0.25) is 14.2 Å². The Morgan fingerprint density at radius 2 is 0.928 bits per heavy atom. The second-order valence-electron chi connectivity index (χ2n) is 20.4. The lowest BCUT2D eigenvalue weighted by Crippen LogP contribution is -2.47. The van der Waals surface area contributed by atoms with Crippen molar-refractivity contribution < 1.29 is 37.3 Å². The Morgan fingerprint density at radius 1 is 0.522 bits per heavy atom. The van der Waals surface area contributed by atoms with Crippen molar-refractivity contribution in [3.05, 3.63) is 60.8 Å². The van der Waals surface area contributed by atoms with Gasteiger partial charge in [-0.05, 0) is 89.5 Å². The molecule has 0 saturated heterocycles. The molecule has 0 aliphatic carbocycles. The molecule has 0 heterocycles. The molecule has 0 bridgehead atoms. The lowest BCUT2D eigenvalue weighted by molar-refractivity contribution is -0.870. The average molecular weight is 990 g/mol. The number of amides is 1. The fourth-order valence-electron chi connectivity index (χ4n) is 8.00. The Balaban J connectivity index is 5.38. The minimum Gasteiger partial charge on any atom is -0.756 e. The molecule has 0 aliphatic rings. The van der Waals surface area contributed by atoms with E-state index in [0.717, 1.165) is 96.3 Å². The van der Waals surface area contributed by atoms with Gasteiger partial charge in [0, 0.05) is 12.8 Å². The smallest absolute Gasteiger partial charge is 0.306 e. The number of hydrogen-bond donors (Lipinski definition) is 1. The lowest BCUT2D eigenvalue weighted by Gasteiger charge is -2.30. The number of phosphoric acid groups is 1. The first-order chi connectivity index (χ1) is 33.4. The summed E-state index contributed by atoms with van der Waals surface area (Å²) in [4.78, 5) is 39.8. The maximum atomic E-state index is 13.5. The normalized spacial score (nSPS) is 14.2. The largest absolute Gasteiger partial charge is 0.756 e. The molecule has 9 nitrogen and oxygen atoms in total. The second-order valence-corrected chi connectivity index (χ2v) is 21.8. The van der Waals surface area contributed by atoms with Crippen molar-refractivity contribution in [1.29, 1.82) is 0 Å². The van der Waals surface area contributed by atoms with Crippen molar-refractivity contribution in [2.24, 2.45) is 0 Å². The van der Waals surface area contributed by atoms with Crippen molar-refractivity contribution in [1.82, 2.24) is 5.32 Å². The number of hydrogen-bond acceptors (Lipinski definition) is 7.